The van der Waals surface area contributed by atoms with Crippen LogP contribution in [-0.4, -0.2) is 52.2 Å². The van der Waals surface area contributed by atoms with Crippen molar-refractivity contribution in [3.05, 3.63) is 52.8 Å². The maximum Gasteiger partial charge on any atom is 0.359 e. The number of benzene rings is 1. The minimum atomic E-state index is -0.547. The number of likely N-dealkylation sites (tertiary alicyclic amines) is 1. The van der Waals surface area contributed by atoms with Crippen LogP contribution in [0.5, 0.6) is 0 Å². The fourth-order valence-electron chi connectivity index (χ4n) is 3.48. The van der Waals surface area contributed by atoms with Gasteiger partial charge < -0.3 is 9.64 Å². The second-order valence-corrected chi connectivity index (χ2v) is 7.49. The summed E-state index contributed by atoms with van der Waals surface area (Å²) in [5.41, 5.74) is 1.93. The van der Waals surface area contributed by atoms with E-state index in [0.29, 0.717) is 27.3 Å². The quantitative estimate of drug-likeness (QED) is 0.468. The van der Waals surface area contributed by atoms with Crippen molar-refractivity contribution in [2.24, 2.45) is 5.92 Å². The van der Waals surface area contributed by atoms with Crippen molar-refractivity contribution in [1.29, 1.82) is 0 Å². The fourth-order valence-corrected chi connectivity index (χ4v) is 3.71. The van der Waals surface area contributed by atoms with E-state index in [0.717, 1.165) is 19.4 Å². The lowest BCUT2D eigenvalue weighted by atomic mass is 9.97. The number of ether oxygens (including phenoxy) is 1. The number of nitrogens with zero attached hydrogens (tertiary/aromatic N) is 4. The number of esters is 1. The van der Waals surface area contributed by atoms with Crippen molar-refractivity contribution in [3.63, 3.8) is 0 Å². The Labute approximate surface area is 178 Å². The van der Waals surface area contributed by atoms with Crippen molar-refractivity contribution >= 4 is 34.5 Å². The molecule has 1 amide bonds. The Morgan fingerprint density at radius 2 is 2.17 bits per heavy atom. The molecule has 30 heavy (non-hydrogen) atoms. The molecule has 0 N–H and O–H groups in total. The third-order valence-corrected chi connectivity index (χ3v) is 5.22. The molecule has 3 aromatic rings. The number of rotatable bonds is 2. The number of halogens is 1. The normalized spacial score (nSPS) is 16.3. The van der Waals surface area contributed by atoms with Gasteiger partial charge in [-0.2, -0.15) is 5.10 Å². The van der Waals surface area contributed by atoms with Crippen LogP contribution in [-0.2, 0) is 9.53 Å². The minimum absolute atomic E-state index is 0.0426. The second-order valence-electron chi connectivity index (χ2n) is 7.05. The third kappa shape index (κ3) is 3.74. The largest absolute Gasteiger partial charge is 0.464 e. The maximum atomic E-state index is 12.3. The summed E-state index contributed by atoms with van der Waals surface area (Å²) in [6.07, 6.45) is 3.31. The van der Waals surface area contributed by atoms with Gasteiger partial charge in [0.2, 0.25) is 5.91 Å². The molecule has 0 spiro atoms. The molecule has 8 heteroatoms. The van der Waals surface area contributed by atoms with Crippen molar-refractivity contribution in [2.45, 2.75) is 12.8 Å². The van der Waals surface area contributed by atoms with Gasteiger partial charge in [0.15, 0.2) is 11.3 Å². The van der Waals surface area contributed by atoms with Crippen LogP contribution in [0.2, 0.25) is 5.02 Å². The SMILES string of the molecule is COC(=O)c1nn(-c2cc(Cl)cc(C#C[C@H]3CCCN(C)C3=O)c2)c2ncccc12. The van der Waals surface area contributed by atoms with Crippen molar-refractivity contribution in [2.75, 3.05) is 20.7 Å². The highest BCUT2D eigenvalue weighted by atomic mass is 35.5. The van der Waals surface area contributed by atoms with Gasteiger partial charge >= 0.3 is 5.97 Å². The molecule has 152 valence electrons. The average molecular weight is 423 g/mol. The molecule has 0 saturated carbocycles. The second kappa shape index (κ2) is 8.17. The average Bonchev–Trinajstić information content (AvgIpc) is 3.14. The minimum Gasteiger partial charge on any atom is -0.464 e. The number of aromatic nitrogens is 3. The van der Waals surface area contributed by atoms with Gasteiger partial charge in [-0.05, 0) is 43.2 Å². The van der Waals surface area contributed by atoms with Gasteiger partial charge in [0.25, 0.3) is 0 Å². The molecule has 2 aromatic heterocycles. The van der Waals surface area contributed by atoms with Crippen molar-refractivity contribution in [1.82, 2.24) is 19.7 Å². The number of methoxy groups -OCH3 is 1. The van der Waals surface area contributed by atoms with Gasteiger partial charge in [-0.15, -0.1) is 0 Å². The molecule has 1 aliphatic rings. The molecular formula is C22H19ClN4O3. The molecule has 3 heterocycles. The molecule has 1 fully saturated rings. The van der Waals surface area contributed by atoms with Gasteiger partial charge in [-0.25, -0.2) is 14.5 Å². The zero-order valence-electron chi connectivity index (χ0n) is 16.6. The highest BCUT2D eigenvalue weighted by molar-refractivity contribution is 6.30. The van der Waals surface area contributed by atoms with E-state index in [1.165, 1.54) is 11.8 Å². The zero-order valence-corrected chi connectivity index (χ0v) is 17.3. The maximum absolute atomic E-state index is 12.3. The van der Waals surface area contributed by atoms with E-state index in [1.54, 1.807) is 48.5 Å². The monoisotopic (exact) mass is 422 g/mol. The Balaban J connectivity index is 1.76. The van der Waals surface area contributed by atoms with Gasteiger partial charge in [0, 0.05) is 30.4 Å². The summed E-state index contributed by atoms with van der Waals surface area (Å²) in [4.78, 5) is 30.5. The molecule has 4 rings (SSSR count). The number of piperidine rings is 1. The fraction of sp³-hybridized carbons (Fsp3) is 0.273. The highest BCUT2D eigenvalue weighted by Crippen LogP contribution is 2.24. The van der Waals surface area contributed by atoms with Crippen LogP contribution in [0.4, 0.5) is 0 Å². The van der Waals surface area contributed by atoms with E-state index in [4.69, 9.17) is 16.3 Å². The topological polar surface area (TPSA) is 77.3 Å². The molecule has 0 radical (unpaired) electrons. The zero-order chi connectivity index (χ0) is 21.3. The number of carbonyl (C=O) groups excluding carboxylic acids is 2. The molecule has 1 aromatic carbocycles. The van der Waals surface area contributed by atoms with Crippen LogP contribution in [0.25, 0.3) is 16.7 Å². The lowest BCUT2D eigenvalue weighted by Crippen LogP contribution is -2.37. The van der Waals surface area contributed by atoms with E-state index >= 15 is 0 Å². The predicted molar refractivity (Wildman–Crippen MR) is 112 cm³/mol. The summed E-state index contributed by atoms with van der Waals surface area (Å²) >= 11 is 6.32. The smallest absolute Gasteiger partial charge is 0.359 e. The summed E-state index contributed by atoms with van der Waals surface area (Å²) in [6.45, 7) is 0.764. The van der Waals surface area contributed by atoms with Gasteiger partial charge in [0.05, 0.1) is 24.1 Å². The number of pyridine rings is 1. The molecule has 1 atom stereocenters. The van der Waals surface area contributed by atoms with E-state index in [-0.39, 0.29) is 17.5 Å². The van der Waals surface area contributed by atoms with Crippen LogP contribution < -0.4 is 0 Å². The lowest BCUT2D eigenvalue weighted by Gasteiger charge is -2.26. The first kappa shape index (κ1) is 19.9. The van der Waals surface area contributed by atoms with Gasteiger partial charge in [-0.3, -0.25) is 4.79 Å². The van der Waals surface area contributed by atoms with Crippen LogP contribution in [0.3, 0.4) is 0 Å². The number of amides is 1. The molecule has 0 aliphatic carbocycles. The molecular weight excluding hydrogens is 404 g/mol. The summed E-state index contributed by atoms with van der Waals surface area (Å²) < 4.78 is 6.38. The standard InChI is InChI=1S/C22H19ClN4O3/c1-26-10-4-5-15(21(26)28)8-7-14-11-16(23)13-17(12-14)27-20-18(6-3-9-24-20)19(25-27)22(29)30-2/h3,6,9,11-13,15H,4-5,10H2,1-2H3/t15-/m1/s1. The van der Waals surface area contributed by atoms with Crippen molar-refractivity contribution in [3.8, 4) is 17.5 Å². The Morgan fingerprint density at radius 1 is 1.33 bits per heavy atom. The summed E-state index contributed by atoms with van der Waals surface area (Å²) in [6, 6.07) is 8.74. The van der Waals surface area contributed by atoms with Crippen LogP contribution in [0.1, 0.15) is 28.9 Å². The first-order valence-electron chi connectivity index (χ1n) is 9.47. The Hall–Kier alpha value is -3.37. The Kier molecular flexibility index (Phi) is 5.42. The lowest BCUT2D eigenvalue weighted by molar-refractivity contribution is -0.134. The van der Waals surface area contributed by atoms with Crippen LogP contribution >= 0.6 is 11.6 Å². The Morgan fingerprint density at radius 3 is 2.97 bits per heavy atom. The Bertz CT molecular complexity index is 1210. The van der Waals surface area contributed by atoms with Crippen LogP contribution in [0.15, 0.2) is 36.5 Å². The number of fused-ring (bicyclic) bond motifs is 1. The predicted octanol–water partition coefficient (Wildman–Crippen LogP) is 3.08. The molecule has 0 unspecified atom stereocenters. The number of hydrogen-bond donors (Lipinski definition) is 0. The number of carbonyl (C=O) groups is 2. The van der Waals surface area contributed by atoms with E-state index < -0.39 is 5.97 Å². The molecule has 7 nitrogen and oxygen atoms in total. The number of hydrogen-bond acceptors (Lipinski definition) is 5. The third-order valence-electron chi connectivity index (χ3n) is 5.00. The van der Waals surface area contributed by atoms with Gasteiger partial charge in [0.1, 0.15) is 0 Å². The van der Waals surface area contributed by atoms with E-state index in [1.807, 2.05) is 0 Å². The summed E-state index contributed by atoms with van der Waals surface area (Å²) in [5, 5.41) is 5.43. The molecule has 1 saturated heterocycles. The van der Waals surface area contributed by atoms with E-state index in [2.05, 4.69) is 21.9 Å². The van der Waals surface area contributed by atoms with E-state index in [9.17, 15) is 9.59 Å². The van der Waals surface area contributed by atoms with Gasteiger partial charge in [-0.1, -0.05) is 23.4 Å². The first-order chi connectivity index (χ1) is 14.5. The van der Waals surface area contributed by atoms with Crippen molar-refractivity contribution < 1.29 is 14.3 Å². The summed E-state index contributed by atoms with van der Waals surface area (Å²) in [5.74, 6) is 5.32. The summed E-state index contributed by atoms with van der Waals surface area (Å²) in [7, 11) is 3.10. The first-order valence-corrected chi connectivity index (χ1v) is 9.85. The molecule has 1 aliphatic heterocycles. The van der Waals surface area contributed by atoms with Crippen LogP contribution in [0, 0.1) is 17.8 Å². The highest BCUT2D eigenvalue weighted by Gasteiger charge is 2.24. The molecule has 0 bridgehead atoms.